The number of nitrogens with one attached hydrogen (secondary N) is 1. The quantitative estimate of drug-likeness (QED) is 0.591. The number of benzene rings is 1. The van der Waals surface area contributed by atoms with E-state index < -0.39 is 0 Å². The third-order valence-electron chi connectivity index (χ3n) is 7.83. The minimum atomic E-state index is -0.220. The van der Waals surface area contributed by atoms with Crippen LogP contribution in [0.3, 0.4) is 0 Å². The van der Waals surface area contributed by atoms with Gasteiger partial charge in [-0.1, -0.05) is 0 Å². The summed E-state index contributed by atoms with van der Waals surface area (Å²) in [5.74, 6) is 1.24. The summed E-state index contributed by atoms with van der Waals surface area (Å²) in [6.45, 7) is 2.85. The predicted octanol–water partition coefficient (Wildman–Crippen LogP) is 3.50. The highest BCUT2D eigenvalue weighted by atomic mass is 16.2. The first-order chi connectivity index (χ1) is 16.5. The lowest BCUT2D eigenvalue weighted by Gasteiger charge is -2.24. The average Bonchev–Trinajstić information content (AvgIpc) is 3.68. The fourth-order valence-corrected chi connectivity index (χ4v) is 5.35. The summed E-state index contributed by atoms with van der Waals surface area (Å²) in [4.78, 5) is 33.1. The van der Waals surface area contributed by atoms with Gasteiger partial charge >= 0.3 is 0 Å². The molecule has 3 aliphatic carbocycles. The van der Waals surface area contributed by atoms with E-state index in [1.54, 1.807) is 10.7 Å². The molecule has 8 heteroatoms. The lowest BCUT2D eigenvalue weighted by molar-refractivity contribution is 0.0696. The molecular weight excluding hydrogens is 428 g/mol. The second kappa shape index (κ2) is 7.04. The van der Waals surface area contributed by atoms with Gasteiger partial charge in [0.05, 0.1) is 5.69 Å². The molecule has 3 N–H and O–H groups in total. The molecule has 0 spiro atoms. The summed E-state index contributed by atoms with van der Waals surface area (Å²) >= 11 is 0. The third kappa shape index (κ3) is 3.19. The Labute approximate surface area is 197 Å². The Hall–Kier alpha value is -3.42. The molecule has 1 unspecified atom stereocenters. The monoisotopic (exact) mass is 456 g/mol. The zero-order valence-electron chi connectivity index (χ0n) is 19.3. The maximum atomic E-state index is 13.4. The van der Waals surface area contributed by atoms with Crippen LogP contribution in [0.1, 0.15) is 83.2 Å². The van der Waals surface area contributed by atoms with Crippen molar-refractivity contribution in [3.05, 3.63) is 46.6 Å². The lowest BCUT2D eigenvalue weighted by Crippen LogP contribution is -2.34. The van der Waals surface area contributed by atoms with Gasteiger partial charge in [-0.15, -0.1) is 5.10 Å². The average molecular weight is 457 g/mol. The van der Waals surface area contributed by atoms with Crippen molar-refractivity contribution in [1.29, 1.82) is 0 Å². The number of aromatic nitrogens is 3. The van der Waals surface area contributed by atoms with Gasteiger partial charge < -0.3 is 16.0 Å². The second-order valence-electron chi connectivity index (χ2n) is 10.5. The maximum Gasteiger partial charge on any atom is 0.259 e. The number of rotatable bonds is 6. The normalized spacial score (nSPS) is 20.6. The van der Waals surface area contributed by atoms with Crippen molar-refractivity contribution in [2.45, 2.75) is 70.0 Å². The highest BCUT2D eigenvalue weighted by molar-refractivity contribution is 6.04. The molecule has 0 saturated heterocycles. The maximum absolute atomic E-state index is 13.4. The standard InChI is InChI=1S/C26H28N6O2/c1-13(14-2-3-14)31-12-17-10-16(11-19(15-4-5-15)21(17)26(31)34)20-8-9-32-24(29-20)22(23(27)30-32)25(33)28-18-6-7-18/h8-11,13-15,18H,2-7,12H2,1H3,(H2,27,30)(H,28,33). The number of hydrogen-bond donors (Lipinski definition) is 2. The van der Waals surface area contributed by atoms with Crippen molar-refractivity contribution in [3.63, 3.8) is 0 Å². The number of amides is 2. The summed E-state index contributed by atoms with van der Waals surface area (Å²) in [5, 5.41) is 7.29. The van der Waals surface area contributed by atoms with Gasteiger partial charge in [0.1, 0.15) is 5.56 Å². The Morgan fingerprint density at radius 2 is 1.97 bits per heavy atom. The molecule has 7 rings (SSSR count). The van der Waals surface area contributed by atoms with E-state index in [-0.39, 0.29) is 29.7 Å². The molecule has 4 aliphatic rings. The van der Waals surface area contributed by atoms with E-state index in [0.717, 1.165) is 53.6 Å². The molecule has 3 fully saturated rings. The largest absolute Gasteiger partial charge is 0.381 e. The topological polar surface area (TPSA) is 106 Å². The number of anilines is 1. The Kier molecular flexibility index (Phi) is 4.14. The van der Waals surface area contributed by atoms with Crippen molar-refractivity contribution >= 4 is 23.3 Å². The number of fused-ring (bicyclic) bond motifs is 2. The van der Waals surface area contributed by atoms with Crippen LogP contribution in [0.25, 0.3) is 16.9 Å². The van der Waals surface area contributed by atoms with Crippen molar-refractivity contribution in [1.82, 2.24) is 24.8 Å². The molecule has 1 atom stereocenters. The summed E-state index contributed by atoms with van der Waals surface area (Å²) in [7, 11) is 0. The van der Waals surface area contributed by atoms with Gasteiger partial charge in [-0.25, -0.2) is 9.50 Å². The number of nitrogens with two attached hydrogens (primary N) is 1. The molecule has 0 bridgehead atoms. The van der Waals surface area contributed by atoms with Gasteiger partial charge in [-0.3, -0.25) is 9.59 Å². The molecule has 2 amide bonds. The third-order valence-corrected chi connectivity index (χ3v) is 7.83. The van der Waals surface area contributed by atoms with Gasteiger partial charge in [-0.05, 0) is 86.6 Å². The first-order valence-corrected chi connectivity index (χ1v) is 12.4. The number of nitrogens with zero attached hydrogens (tertiary/aromatic N) is 4. The van der Waals surface area contributed by atoms with Gasteiger partial charge in [-0.2, -0.15) is 0 Å². The van der Waals surface area contributed by atoms with Crippen LogP contribution in [0.15, 0.2) is 24.4 Å². The molecular formula is C26H28N6O2. The van der Waals surface area contributed by atoms with Crippen LogP contribution in [0.5, 0.6) is 0 Å². The highest BCUT2D eigenvalue weighted by Gasteiger charge is 2.41. The van der Waals surface area contributed by atoms with Crippen molar-refractivity contribution in [3.8, 4) is 11.3 Å². The number of hydrogen-bond acceptors (Lipinski definition) is 5. The molecule has 3 saturated carbocycles. The summed E-state index contributed by atoms with van der Waals surface area (Å²) < 4.78 is 1.57. The van der Waals surface area contributed by atoms with Crippen LogP contribution in [0.2, 0.25) is 0 Å². The summed E-state index contributed by atoms with van der Waals surface area (Å²) in [6, 6.07) is 6.67. The zero-order valence-corrected chi connectivity index (χ0v) is 19.3. The second-order valence-corrected chi connectivity index (χ2v) is 10.5. The van der Waals surface area contributed by atoms with Gasteiger partial charge in [0, 0.05) is 36.0 Å². The van der Waals surface area contributed by atoms with Gasteiger partial charge in [0.25, 0.3) is 11.8 Å². The first-order valence-electron chi connectivity index (χ1n) is 12.4. The fourth-order valence-electron chi connectivity index (χ4n) is 5.35. The van der Waals surface area contributed by atoms with E-state index >= 15 is 0 Å². The van der Waals surface area contributed by atoms with Crippen LogP contribution >= 0.6 is 0 Å². The van der Waals surface area contributed by atoms with Crippen molar-refractivity contribution < 1.29 is 9.59 Å². The highest BCUT2D eigenvalue weighted by Crippen LogP contribution is 2.47. The predicted molar refractivity (Wildman–Crippen MR) is 127 cm³/mol. The van der Waals surface area contributed by atoms with Crippen molar-refractivity contribution in [2.24, 2.45) is 5.92 Å². The van der Waals surface area contributed by atoms with Crippen molar-refractivity contribution in [2.75, 3.05) is 5.73 Å². The van der Waals surface area contributed by atoms with E-state index in [0.29, 0.717) is 29.6 Å². The Balaban J connectivity index is 1.30. The number of nitrogen functional groups attached to an aromatic ring is 1. The number of carbonyl (C=O) groups is 2. The van der Waals surface area contributed by atoms with E-state index in [1.165, 1.54) is 12.8 Å². The van der Waals surface area contributed by atoms with E-state index in [9.17, 15) is 9.59 Å². The first kappa shape index (κ1) is 20.0. The van der Waals surface area contributed by atoms with E-state index in [4.69, 9.17) is 10.7 Å². The van der Waals surface area contributed by atoms with Crippen LogP contribution < -0.4 is 11.1 Å². The Morgan fingerprint density at radius 1 is 1.18 bits per heavy atom. The SMILES string of the molecule is CC(C1CC1)N1Cc2cc(-c3ccn4nc(N)c(C(=O)NC5CC5)c4n3)cc(C3CC3)c2C1=O. The van der Waals surface area contributed by atoms with E-state index in [2.05, 4.69) is 34.4 Å². The lowest BCUT2D eigenvalue weighted by atomic mass is 9.95. The zero-order chi connectivity index (χ0) is 23.1. The molecule has 34 heavy (non-hydrogen) atoms. The molecule has 8 nitrogen and oxygen atoms in total. The Bertz CT molecular complexity index is 1370. The van der Waals surface area contributed by atoms with Gasteiger partial charge in [0.2, 0.25) is 0 Å². The molecule has 3 aromatic rings. The minimum absolute atomic E-state index is 0.186. The minimum Gasteiger partial charge on any atom is -0.381 e. The van der Waals surface area contributed by atoms with Crippen LogP contribution in [0.4, 0.5) is 5.82 Å². The molecule has 3 heterocycles. The van der Waals surface area contributed by atoms with Crippen LogP contribution in [-0.2, 0) is 6.54 Å². The number of carbonyl (C=O) groups excluding carboxylic acids is 2. The summed E-state index contributed by atoms with van der Waals surface area (Å²) in [6.07, 6.45) is 8.49. The molecule has 0 radical (unpaired) electrons. The molecule has 1 aliphatic heterocycles. The van der Waals surface area contributed by atoms with Crippen LogP contribution in [0, 0.1) is 5.92 Å². The van der Waals surface area contributed by atoms with Crippen LogP contribution in [-0.4, -0.2) is 43.4 Å². The smallest absolute Gasteiger partial charge is 0.259 e. The summed E-state index contributed by atoms with van der Waals surface area (Å²) in [5.41, 5.74) is 11.8. The molecule has 1 aromatic carbocycles. The fraction of sp³-hybridized carbons (Fsp3) is 0.462. The Morgan fingerprint density at radius 3 is 2.68 bits per heavy atom. The van der Waals surface area contributed by atoms with E-state index in [1.807, 2.05) is 6.07 Å². The van der Waals surface area contributed by atoms with Gasteiger partial charge in [0.15, 0.2) is 11.5 Å². The molecule has 174 valence electrons. The molecule has 2 aromatic heterocycles.